The third kappa shape index (κ3) is 6.43. The molecule has 1 atom stereocenters. The van der Waals surface area contributed by atoms with Gasteiger partial charge in [-0.3, -0.25) is 14.5 Å². The first-order valence-electron chi connectivity index (χ1n) is 10.4. The number of carbonyl (C=O) groups is 2. The molecule has 1 N–H and O–H groups in total. The lowest BCUT2D eigenvalue weighted by Gasteiger charge is -2.36. The van der Waals surface area contributed by atoms with Crippen molar-refractivity contribution < 1.29 is 9.59 Å². The van der Waals surface area contributed by atoms with Gasteiger partial charge in [0.15, 0.2) is 5.78 Å². The van der Waals surface area contributed by atoms with Crippen molar-refractivity contribution >= 4 is 17.4 Å². The topological polar surface area (TPSA) is 52.7 Å². The number of anilines is 1. The highest BCUT2D eigenvalue weighted by molar-refractivity contribution is 5.94. The van der Waals surface area contributed by atoms with Crippen LogP contribution in [0, 0.1) is 0 Å². The van der Waals surface area contributed by atoms with Crippen molar-refractivity contribution in [1.82, 2.24) is 10.2 Å². The first-order chi connectivity index (χ1) is 14.0. The molecule has 0 aliphatic carbocycles. The number of hydrogen-bond acceptors (Lipinski definition) is 4. The second-order valence-corrected chi connectivity index (χ2v) is 7.86. The van der Waals surface area contributed by atoms with Gasteiger partial charge in [-0.2, -0.15) is 0 Å². The van der Waals surface area contributed by atoms with Gasteiger partial charge < -0.3 is 10.2 Å². The van der Waals surface area contributed by atoms with Gasteiger partial charge in [0.05, 0.1) is 6.54 Å². The third-order valence-electron chi connectivity index (χ3n) is 5.49. The van der Waals surface area contributed by atoms with Crippen LogP contribution in [-0.4, -0.2) is 55.4 Å². The van der Waals surface area contributed by atoms with Crippen molar-refractivity contribution in [3.63, 3.8) is 0 Å². The Hall–Kier alpha value is -2.66. The van der Waals surface area contributed by atoms with E-state index in [2.05, 4.69) is 46.3 Å². The van der Waals surface area contributed by atoms with Crippen molar-refractivity contribution in [2.45, 2.75) is 32.7 Å². The Kier molecular flexibility index (Phi) is 7.42. The van der Waals surface area contributed by atoms with Crippen LogP contribution in [0.2, 0.25) is 0 Å². The molecule has 0 spiro atoms. The second kappa shape index (κ2) is 10.2. The van der Waals surface area contributed by atoms with Crippen molar-refractivity contribution in [2.75, 3.05) is 37.6 Å². The van der Waals surface area contributed by atoms with E-state index in [1.54, 1.807) is 6.92 Å². The van der Waals surface area contributed by atoms with Gasteiger partial charge in [-0.15, -0.1) is 0 Å². The van der Waals surface area contributed by atoms with Crippen LogP contribution in [0.1, 0.15) is 36.2 Å². The van der Waals surface area contributed by atoms with E-state index in [1.165, 1.54) is 5.56 Å². The number of ketones is 1. The highest BCUT2D eigenvalue weighted by Gasteiger charge is 2.20. The summed E-state index contributed by atoms with van der Waals surface area (Å²) in [6.07, 6.45) is 1.92. The molecule has 5 heteroatoms. The average molecular weight is 394 g/mol. The molecule has 29 heavy (non-hydrogen) atoms. The summed E-state index contributed by atoms with van der Waals surface area (Å²) in [5.74, 6) is 0.190. The normalized spacial score (nSPS) is 15.7. The molecule has 1 saturated heterocycles. The number of rotatable bonds is 8. The van der Waals surface area contributed by atoms with Crippen molar-refractivity contribution in [3.05, 3.63) is 65.7 Å². The molecule has 3 rings (SSSR count). The predicted octanol–water partition coefficient (Wildman–Crippen LogP) is 3.15. The molecular weight excluding hydrogens is 362 g/mol. The summed E-state index contributed by atoms with van der Waals surface area (Å²) >= 11 is 0. The zero-order chi connectivity index (χ0) is 20.6. The number of aryl methyl sites for hydroxylation is 1. The van der Waals surface area contributed by atoms with Gasteiger partial charge in [-0.1, -0.05) is 30.3 Å². The van der Waals surface area contributed by atoms with Crippen LogP contribution in [0.25, 0.3) is 0 Å². The molecule has 0 aromatic heterocycles. The van der Waals surface area contributed by atoms with E-state index < -0.39 is 0 Å². The third-order valence-corrected chi connectivity index (χ3v) is 5.49. The van der Waals surface area contributed by atoms with E-state index in [-0.39, 0.29) is 17.7 Å². The average Bonchev–Trinajstić information content (AvgIpc) is 2.73. The summed E-state index contributed by atoms with van der Waals surface area (Å²) in [6.45, 7) is 7.60. The Balaban J connectivity index is 1.38. The van der Waals surface area contributed by atoms with Gasteiger partial charge in [-0.25, -0.2) is 0 Å². The van der Waals surface area contributed by atoms with Gasteiger partial charge in [-0.05, 0) is 56.5 Å². The maximum Gasteiger partial charge on any atom is 0.234 e. The zero-order valence-electron chi connectivity index (χ0n) is 17.4. The Labute approximate surface area is 173 Å². The van der Waals surface area contributed by atoms with Gasteiger partial charge in [0.25, 0.3) is 0 Å². The molecule has 1 aliphatic rings. The van der Waals surface area contributed by atoms with E-state index in [1.807, 2.05) is 30.3 Å². The van der Waals surface area contributed by atoms with Crippen LogP contribution < -0.4 is 10.2 Å². The molecule has 0 radical (unpaired) electrons. The number of nitrogens with zero attached hydrogens (tertiary/aromatic N) is 2. The number of benzene rings is 2. The molecule has 1 amide bonds. The quantitative estimate of drug-likeness (QED) is 0.700. The fraction of sp³-hybridized carbons (Fsp3) is 0.417. The largest absolute Gasteiger partial charge is 0.369 e. The van der Waals surface area contributed by atoms with Crippen LogP contribution in [0.4, 0.5) is 5.69 Å². The van der Waals surface area contributed by atoms with Crippen molar-refractivity contribution in [2.24, 2.45) is 0 Å². The summed E-state index contributed by atoms with van der Waals surface area (Å²) < 4.78 is 0. The number of amides is 1. The van der Waals surface area contributed by atoms with Crippen LogP contribution in [-0.2, 0) is 11.2 Å². The maximum absolute atomic E-state index is 12.4. The summed E-state index contributed by atoms with van der Waals surface area (Å²) in [6, 6.07) is 18.3. The molecule has 0 bridgehead atoms. The number of piperazine rings is 1. The second-order valence-electron chi connectivity index (χ2n) is 7.86. The Morgan fingerprint density at radius 1 is 0.966 bits per heavy atom. The van der Waals surface area contributed by atoms with Gasteiger partial charge in [0.2, 0.25) is 5.91 Å². The summed E-state index contributed by atoms with van der Waals surface area (Å²) in [5.41, 5.74) is 3.18. The molecule has 0 unspecified atom stereocenters. The maximum atomic E-state index is 12.4. The number of nitrogens with one attached hydrogen (secondary N) is 1. The summed E-state index contributed by atoms with van der Waals surface area (Å²) in [7, 11) is 0. The van der Waals surface area contributed by atoms with E-state index >= 15 is 0 Å². The Bertz CT molecular complexity index is 797. The summed E-state index contributed by atoms with van der Waals surface area (Å²) in [5, 5.41) is 3.13. The molecular formula is C24H31N3O2. The minimum Gasteiger partial charge on any atom is -0.369 e. The fourth-order valence-electron chi connectivity index (χ4n) is 3.69. The highest BCUT2D eigenvalue weighted by Crippen LogP contribution is 2.17. The number of carbonyl (C=O) groups excluding carboxylic acids is 2. The Morgan fingerprint density at radius 3 is 2.24 bits per heavy atom. The molecule has 1 heterocycles. The minimum atomic E-state index is 0.0883. The van der Waals surface area contributed by atoms with E-state index in [4.69, 9.17) is 0 Å². The lowest BCUT2D eigenvalue weighted by Crippen LogP contribution is -2.50. The number of hydrogen-bond donors (Lipinski definition) is 1. The van der Waals surface area contributed by atoms with Gasteiger partial charge in [0, 0.05) is 43.5 Å². The van der Waals surface area contributed by atoms with E-state index in [0.29, 0.717) is 6.54 Å². The van der Waals surface area contributed by atoms with Crippen molar-refractivity contribution in [1.29, 1.82) is 0 Å². The van der Waals surface area contributed by atoms with Crippen LogP contribution >= 0.6 is 0 Å². The monoisotopic (exact) mass is 393 g/mol. The van der Waals surface area contributed by atoms with Gasteiger partial charge >= 0.3 is 0 Å². The van der Waals surface area contributed by atoms with Crippen LogP contribution in [0.15, 0.2) is 54.6 Å². The fourth-order valence-corrected chi connectivity index (χ4v) is 3.69. The van der Waals surface area contributed by atoms with Crippen molar-refractivity contribution in [3.8, 4) is 0 Å². The van der Waals surface area contributed by atoms with Gasteiger partial charge in [0.1, 0.15) is 0 Å². The van der Waals surface area contributed by atoms with Crippen LogP contribution in [0.3, 0.4) is 0 Å². The summed E-state index contributed by atoms with van der Waals surface area (Å²) in [4.78, 5) is 28.3. The molecule has 2 aromatic rings. The SMILES string of the molecule is CC(=O)c1ccc(N2CCN(CC(=O)N[C@@H](C)CCc3ccccc3)CC2)cc1. The molecule has 1 aliphatic heterocycles. The molecule has 5 nitrogen and oxygen atoms in total. The standard InChI is InChI=1S/C24H31N3O2/c1-19(8-9-21-6-4-3-5-7-21)25-24(29)18-26-14-16-27(17-15-26)23-12-10-22(11-13-23)20(2)28/h3-7,10-13,19H,8-9,14-18H2,1-2H3,(H,25,29)/t19-/m0/s1. The predicted molar refractivity (Wildman–Crippen MR) is 117 cm³/mol. The Morgan fingerprint density at radius 2 is 1.62 bits per heavy atom. The minimum absolute atomic E-state index is 0.0883. The van der Waals surface area contributed by atoms with E-state index in [9.17, 15) is 9.59 Å². The molecule has 1 fully saturated rings. The lowest BCUT2D eigenvalue weighted by atomic mass is 10.1. The molecule has 2 aromatic carbocycles. The smallest absolute Gasteiger partial charge is 0.234 e. The first-order valence-corrected chi connectivity index (χ1v) is 10.4. The molecule has 0 saturated carbocycles. The zero-order valence-corrected chi connectivity index (χ0v) is 17.4. The first kappa shape index (κ1) is 21.1. The van der Waals surface area contributed by atoms with E-state index in [0.717, 1.165) is 50.3 Å². The number of Topliss-reactive ketones (excluding diaryl/α,β-unsaturated/α-hetero) is 1. The lowest BCUT2D eigenvalue weighted by molar-refractivity contribution is -0.123. The highest BCUT2D eigenvalue weighted by atomic mass is 16.2. The van der Waals surface area contributed by atoms with Crippen LogP contribution in [0.5, 0.6) is 0 Å². The molecule has 154 valence electrons.